The first-order chi connectivity index (χ1) is 8.61. The van der Waals surface area contributed by atoms with Crippen molar-refractivity contribution in [2.75, 3.05) is 7.11 Å². The number of benzene rings is 1. The number of methoxy groups -OCH3 is 1. The van der Waals surface area contributed by atoms with Crippen molar-refractivity contribution in [1.29, 1.82) is 0 Å². The quantitative estimate of drug-likeness (QED) is 0.919. The smallest absolute Gasteiger partial charge is 0.166 e. The Hall–Kier alpha value is -0.740. The first-order valence-corrected chi connectivity index (χ1v) is 7.20. The highest BCUT2D eigenvalue weighted by molar-refractivity contribution is 9.10. The molecule has 1 saturated carbocycles. The molecule has 1 aliphatic carbocycles. The molecule has 3 nitrogen and oxygen atoms in total. The number of halogens is 1. The molecule has 0 aliphatic heterocycles. The van der Waals surface area contributed by atoms with Crippen molar-refractivity contribution in [2.24, 2.45) is 5.73 Å². The second-order valence-electron chi connectivity index (χ2n) is 4.84. The van der Waals surface area contributed by atoms with E-state index in [0.717, 1.165) is 34.4 Å². The van der Waals surface area contributed by atoms with Gasteiger partial charge in [0.1, 0.15) is 0 Å². The molecule has 1 aromatic rings. The summed E-state index contributed by atoms with van der Waals surface area (Å²) in [7, 11) is 1.66. The van der Waals surface area contributed by atoms with Crippen LogP contribution >= 0.6 is 15.9 Å². The van der Waals surface area contributed by atoms with Crippen LogP contribution in [-0.2, 0) is 0 Å². The van der Waals surface area contributed by atoms with Gasteiger partial charge in [-0.25, -0.2) is 0 Å². The van der Waals surface area contributed by atoms with E-state index in [-0.39, 0.29) is 6.04 Å². The second kappa shape index (κ2) is 5.93. The molecule has 2 rings (SSSR count). The first-order valence-electron chi connectivity index (χ1n) is 6.41. The Bertz CT molecular complexity index is 415. The van der Waals surface area contributed by atoms with Crippen LogP contribution in [-0.4, -0.2) is 13.2 Å². The Kier molecular flexibility index (Phi) is 4.51. The van der Waals surface area contributed by atoms with Gasteiger partial charge < -0.3 is 15.2 Å². The lowest BCUT2D eigenvalue weighted by molar-refractivity contribution is 0.198. The van der Waals surface area contributed by atoms with Crippen LogP contribution in [0.4, 0.5) is 0 Å². The lowest BCUT2D eigenvalue weighted by atomic mass is 10.1. The summed E-state index contributed by atoms with van der Waals surface area (Å²) in [5.74, 6) is 1.56. The molecule has 4 heteroatoms. The van der Waals surface area contributed by atoms with Crippen LogP contribution in [0.25, 0.3) is 0 Å². The summed E-state index contributed by atoms with van der Waals surface area (Å²) in [4.78, 5) is 0. The molecule has 18 heavy (non-hydrogen) atoms. The van der Waals surface area contributed by atoms with Gasteiger partial charge >= 0.3 is 0 Å². The zero-order valence-corrected chi connectivity index (χ0v) is 12.5. The fourth-order valence-electron chi connectivity index (χ4n) is 2.38. The molecule has 0 saturated heterocycles. The molecule has 0 radical (unpaired) electrons. The third-order valence-electron chi connectivity index (χ3n) is 3.35. The van der Waals surface area contributed by atoms with E-state index in [9.17, 15) is 0 Å². The zero-order valence-electron chi connectivity index (χ0n) is 10.9. The maximum absolute atomic E-state index is 6.12. The van der Waals surface area contributed by atoms with Gasteiger partial charge in [-0.3, -0.25) is 0 Å². The maximum atomic E-state index is 6.12. The molecule has 0 aromatic heterocycles. The van der Waals surface area contributed by atoms with Crippen molar-refractivity contribution in [3.8, 4) is 11.5 Å². The zero-order chi connectivity index (χ0) is 13.1. The molecule has 1 fully saturated rings. The van der Waals surface area contributed by atoms with Crippen LogP contribution < -0.4 is 15.2 Å². The topological polar surface area (TPSA) is 44.5 Å². The predicted octanol–water partition coefficient (Wildman–Crippen LogP) is 3.80. The summed E-state index contributed by atoms with van der Waals surface area (Å²) in [6.45, 7) is 1.96. The van der Waals surface area contributed by atoms with E-state index in [1.165, 1.54) is 12.8 Å². The van der Waals surface area contributed by atoms with Crippen molar-refractivity contribution in [2.45, 2.75) is 44.8 Å². The van der Waals surface area contributed by atoms with Gasteiger partial charge in [0.05, 0.1) is 13.2 Å². The highest BCUT2D eigenvalue weighted by Gasteiger charge is 2.22. The molecule has 0 bridgehead atoms. The minimum atomic E-state index is -0.0761. The summed E-state index contributed by atoms with van der Waals surface area (Å²) in [5.41, 5.74) is 7.02. The Balaban J connectivity index is 2.34. The average Bonchev–Trinajstić information content (AvgIpc) is 2.83. The van der Waals surface area contributed by atoms with E-state index in [0.29, 0.717) is 6.10 Å². The second-order valence-corrected chi connectivity index (χ2v) is 5.76. The van der Waals surface area contributed by atoms with Crippen LogP contribution in [0.3, 0.4) is 0 Å². The summed E-state index contributed by atoms with van der Waals surface area (Å²) in [6.07, 6.45) is 5.04. The number of hydrogen-bond acceptors (Lipinski definition) is 3. The van der Waals surface area contributed by atoms with E-state index >= 15 is 0 Å². The van der Waals surface area contributed by atoms with Gasteiger partial charge in [-0.15, -0.1) is 0 Å². The van der Waals surface area contributed by atoms with Crippen molar-refractivity contribution in [3.63, 3.8) is 0 Å². The summed E-state index contributed by atoms with van der Waals surface area (Å²) in [5, 5.41) is 0. The molecular weight excluding hydrogens is 294 g/mol. The predicted molar refractivity (Wildman–Crippen MR) is 76.2 cm³/mol. The van der Waals surface area contributed by atoms with Crippen LogP contribution in [0, 0.1) is 0 Å². The van der Waals surface area contributed by atoms with Gasteiger partial charge in [0, 0.05) is 16.1 Å². The minimum Gasteiger partial charge on any atom is -0.493 e. The van der Waals surface area contributed by atoms with Crippen molar-refractivity contribution >= 4 is 15.9 Å². The molecule has 0 heterocycles. The van der Waals surface area contributed by atoms with Gasteiger partial charge in [-0.05, 0) is 44.7 Å². The average molecular weight is 314 g/mol. The Morgan fingerprint density at radius 1 is 1.33 bits per heavy atom. The number of ether oxygens (including phenoxy) is 2. The SMILES string of the molecule is COc1cc(Br)cc(C(C)N)c1OC1CCCC1. The third-order valence-corrected chi connectivity index (χ3v) is 3.80. The summed E-state index contributed by atoms with van der Waals surface area (Å²) in [6, 6.07) is 3.86. The van der Waals surface area contributed by atoms with E-state index in [4.69, 9.17) is 15.2 Å². The van der Waals surface area contributed by atoms with Crippen molar-refractivity contribution in [3.05, 3.63) is 22.2 Å². The van der Waals surface area contributed by atoms with Crippen LogP contribution in [0.5, 0.6) is 11.5 Å². The Labute approximate surface area is 117 Å². The Morgan fingerprint density at radius 3 is 2.56 bits per heavy atom. The molecule has 100 valence electrons. The fraction of sp³-hybridized carbons (Fsp3) is 0.571. The maximum Gasteiger partial charge on any atom is 0.166 e. The van der Waals surface area contributed by atoms with Crippen LogP contribution in [0.2, 0.25) is 0 Å². The Morgan fingerprint density at radius 2 is 2.00 bits per heavy atom. The van der Waals surface area contributed by atoms with Gasteiger partial charge in [-0.1, -0.05) is 15.9 Å². The van der Waals surface area contributed by atoms with Crippen LogP contribution in [0.1, 0.15) is 44.2 Å². The number of hydrogen-bond donors (Lipinski definition) is 1. The lowest BCUT2D eigenvalue weighted by Gasteiger charge is -2.21. The minimum absolute atomic E-state index is 0.0761. The van der Waals surface area contributed by atoms with Gasteiger partial charge in [0.15, 0.2) is 11.5 Å². The van der Waals surface area contributed by atoms with E-state index in [1.807, 2.05) is 19.1 Å². The van der Waals surface area contributed by atoms with Gasteiger partial charge in [-0.2, -0.15) is 0 Å². The highest BCUT2D eigenvalue weighted by atomic mass is 79.9. The van der Waals surface area contributed by atoms with Crippen molar-refractivity contribution < 1.29 is 9.47 Å². The molecule has 1 aliphatic rings. The summed E-state index contributed by atoms with van der Waals surface area (Å²) >= 11 is 3.48. The fourth-order valence-corrected chi connectivity index (χ4v) is 2.83. The van der Waals surface area contributed by atoms with Gasteiger partial charge in [0.25, 0.3) is 0 Å². The molecule has 0 spiro atoms. The molecule has 2 N–H and O–H groups in total. The highest BCUT2D eigenvalue weighted by Crippen LogP contribution is 2.39. The lowest BCUT2D eigenvalue weighted by Crippen LogP contribution is -2.15. The molecule has 0 amide bonds. The standard InChI is InChI=1S/C14H20BrNO2/c1-9(16)12-7-10(15)8-13(17-2)14(12)18-11-5-3-4-6-11/h7-9,11H,3-6,16H2,1-2H3. The normalized spacial score (nSPS) is 17.8. The molecule has 1 aromatic carbocycles. The number of rotatable bonds is 4. The number of nitrogens with two attached hydrogens (primary N) is 1. The summed E-state index contributed by atoms with van der Waals surface area (Å²) < 4.78 is 12.5. The third kappa shape index (κ3) is 2.98. The largest absolute Gasteiger partial charge is 0.493 e. The van der Waals surface area contributed by atoms with Gasteiger partial charge in [0.2, 0.25) is 0 Å². The molecule has 1 unspecified atom stereocenters. The van der Waals surface area contributed by atoms with Crippen LogP contribution in [0.15, 0.2) is 16.6 Å². The monoisotopic (exact) mass is 313 g/mol. The first kappa shape index (κ1) is 13.7. The van der Waals surface area contributed by atoms with Crippen molar-refractivity contribution in [1.82, 2.24) is 0 Å². The molecular formula is C14H20BrNO2. The van der Waals surface area contributed by atoms with E-state index < -0.39 is 0 Å². The molecule has 1 atom stereocenters. The van der Waals surface area contributed by atoms with E-state index in [2.05, 4.69) is 15.9 Å². The van der Waals surface area contributed by atoms with E-state index in [1.54, 1.807) is 7.11 Å².